The molecule has 1 aromatic rings. The van der Waals surface area contributed by atoms with E-state index in [0.717, 1.165) is 23.0 Å². The molecule has 1 aliphatic rings. The molecule has 0 unspecified atom stereocenters. The largest absolute Gasteiger partial charge is 0.281 e. The fourth-order valence-electron chi connectivity index (χ4n) is 1.47. The van der Waals surface area contributed by atoms with E-state index in [1.54, 1.807) is 24.3 Å². The van der Waals surface area contributed by atoms with Crippen LogP contribution in [0.25, 0.3) is 6.08 Å². The second kappa shape index (κ2) is 6.23. The third-order valence-electron chi connectivity index (χ3n) is 2.29. The molecule has 10 heteroatoms. The number of amides is 1. The molecule has 1 N–H and O–H groups in total. The van der Waals surface area contributed by atoms with Crippen molar-refractivity contribution in [2.45, 2.75) is 0 Å². The van der Waals surface area contributed by atoms with Gasteiger partial charge in [0.1, 0.15) is 0 Å². The number of carbonyl (C=O) groups is 1. The molecule has 112 valence electrons. The summed E-state index contributed by atoms with van der Waals surface area (Å²) in [6, 6.07) is 4.89. The summed E-state index contributed by atoms with van der Waals surface area (Å²) >= 11 is 17.7. The summed E-state index contributed by atoms with van der Waals surface area (Å²) in [5.41, 5.74) is 0.657. The van der Waals surface area contributed by atoms with Crippen LogP contribution in [0.5, 0.6) is 0 Å². The molecule has 5 nitrogen and oxygen atoms in total. The predicted molar refractivity (Wildman–Crippen MR) is 89.5 cm³/mol. The summed E-state index contributed by atoms with van der Waals surface area (Å²) < 4.78 is 22.5. The van der Waals surface area contributed by atoms with Crippen LogP contribution < -0.4 is 4.83 Å². The van der Waals surface area contributed by atoms with Crippen LogP contribution in [0.15, 0.2) is 23.1 Å². The van der Waals surface area contributed by atoms with E-state index in [1.807, 2.05) is 0 Å². The number of hydrazine groups is 1. The highest BCUT2D eigenvalue weighted by Gasteiger charge is 2.34. The molecule has 1 aromatic carbocycles. The Kier molecular flexibility index (Phi) is 4.96. The minimum Gasteiger partial charge on any atom is -0.267 e. The van der Waals surface area contributed by atoms with E-state index in [9.17, 15) is 13.2 Å². The van der Waals surface area contributed by atoms with Crippen LogP contribution >= 0.6 is 47.2 Å². The maximum atomic E-state index is 12.1. The number of hydrogen-bond donors (Lipinski definition) is 1. The fourth-order valence-corrected chi connectivity index (χ4v) is 3.57. The molecule has 1 amide bonds. The lowest BCUT2D eigenvalue weighted by atomic mass is 10.2. The van der Waals surface area contributed by atoms with Crippen molar-refractivity contribution in [3.63, 3.8) is 0 Å². The van der Waals surface area contributed by atoms with Crippen LogP contribution in [0.3, 0.4) is 0 Å². The maximum absolute atomic E-state index is 12.1. The topological polar surface area (TPSA) is 66.5 Å². The lowest BCUT2D eigenvalue weighted by molar-refractivity contribution is -0.123. The SMILES string of the molecule is CS(=O)(=O)NN1C(=O)/C(=C/c2ccc(Cl)c(Cl)c2)SC1=S. The van der Waals surface area contributed by atoms with Crippen LogP contribution in [0.2, 0.25) is 10.0 Å². The van der Waals surface area contributed by atoms with Crippen molar-refractivity contribution in [1.82, 2.24) is 9.84 Å². The molecule has 1 heterocycles. The van der Waals surface area contributed by atoms with Crippen LogP contribution in [0.1, 0.15) is 5.56 Å². The molecule has 21 heavy (non-hydrogen) atoms. The molecule has 1 fully saturated rings. The molecule has 1 saturated heterocycles. The number of hydrogen-bond acceptors (Lipinski definition) is 5. The van der Waals surface area contributed by atoms with Gasteiger partial charge >= 0.3 is 0 Å². The Morgan fingerprint density at radius 1 is 1.33 bits per heavy atom. The number of rotatable bonds is 3. The van der Waals surface area contributed by atoms with Crippen molar-refractivity contribution in [2.24, 2.45) is 0 Å². The first-order valence-electron chi connectivity index (χ1n) is 5.38. The van der Waals surface area contributed by atoms with Gasteiger partial charge in [-0.1, -0.05) is 53.2 Å². The lowest BCUT2D eigenvalue weighted by Gasteiger charge is -2.13. The minimum absolute atomic E-state index is 0.108. The minimum atomic E-state index is -3.59. The number of nitrogens with zero attached hydrogens (tertiary/aromatic N) is 1. The molecule has 0 aliphatic carbocycles. The molecule has 0 bridgehead atoms. The number of carbonyl (C=O) groups excluding carboxylic acids is 1. The summed E-state index contributed by atoms with van der Waals surface area (Å²) in [6.07, 6.45) is 2.50. The zero-order valence-corrected chi connectivity index (χ0v) is 14.4. The van der Waals surface area contributed by atoms with Crippen LogP contribution in [0, 0.1) is 0 Å². The quantitative estimate of drug-likeness (QED) is 0.642. The average molecular weight is 383 g/mol. The van der Waals surface area contributed by atoms with Crippen molar-refractivity contribution >= 4 is 73.5 Å². The first kappa shape index (κ1) is 16.7. The molecule has 1 aliphatic heterocycles. The Labute approximate surface area is 141 Å². The van der Waals surface area contributed by atoms with Crippen LogP contribution in [-0.4, -0.2) is 29.9 Å². The zero-order chi connectivity index (χ0) is 15.8. The van der Waals surface area contributed by atoms with Gasteiger partial charge in [-0.05, 0) is 23.8 Å². The van der Waals surface area contributed by atoms with Gasteiger partial charge in [0.2, 0.25) is 10.0 Å². The molecular weight excluding hydrogens is 375 g/mol. The highest BCUT2D eigenvalue weighted by molar-refractivity contribution is 8.26. The zero-order valence-electron chi connectivity index (χ0n) is 10.5. The normalized spacial score (nSPS) is 17.9. The summed E-state index contributed by atoms with van der Waals surface area (Å²) in [4.78, 5) is 14.5. The third kappa shape index (κ3) is 4.18. The molecule has 0 radical (unpaired) electrons. The smallest absolute Gasteiger partial charge is 0.267 e. The van der Waals surface area contributed by atoms with Gasteiger partial charge in [0.05, 0.1) is 21.2 Å². The fraction of sp³-hybridized carbons (Fsp3) is 0.0909. The number of nitrogens with one attached hydrogen (secondary N) is 1. The van der Waals surface area contributed by atoms with E-state index >= 15 is 0 Å². The molecule has 0 saturated carbocycles. The van der Waals surface area contributed by atoms with Gasteiger partial charge < -0.3 is 0 Å². The summed E-state index contributed by atoms with van der Waals surface area (Å²) in [5, 5.41) is 1.58. The molecule has 0 atom stereocenters. The van der Waals surface area contributed by atoms with Crippen molar-refractivity contribution in [3.8, 4) is 0 Å². The van der Waals surface area contributed by atoms with E-state index in [4.69, 9.17) is 35.4 Å². The van der Waals surface area contributed by atoms with Crippen molar-refractivity contribution in [3.05, 3.63) is 38.7 Å². The second-order valence-corrected chi connectivity index (χ2v) is 8.27. The standard InChI is InChI=1S/C11H8Cl2N2O3S3/c1-21(17,18)14-15-10(16)9(20-11(15)19)5-6-2-3-7(12)8(13)4-6/h2-5,14H,1H3/b9-5-. The van der Waals surface area contributed by atoms with Gasteiger partial charge in [-0.2, -0.15) is 0 Å². The second-order valence-electron chi connectivity index (χ2n) is 4.05. The van der Waals surface area contributed by atoms with E-state index in [0.29, 0.717) is 15.6 Å². The van der Waals surface area contributed by atoms with Crippen molar-refractivity contribution in [1.29, 1.82) is 0 Å². The highest BCUT2D eigenvalue weighted by atomic mass is 35.5. The first-order valence-corrected chi connectivity index (χ1v) is 9.25. The van der Waals surface area contributed by atoms with Gasteiger partial charge in [0.25, 0.3) is 5.91 Å². The number of thioether (sulfide) groups is 1. The van der Waals surface area contributed by atoms with Gasteiger partial charge in [-0.3, -0.25) is 4.79 Å². The number of sulfonamides is 1. The Morgan fingerprint density at radius 3 is 2.57 bits per heavy atom. The Morgan fingerprint density at radius 2 is 2.00 bits per heavy atom. The van der Waals surface area contributed by atoms with Gasteiger partial charge in [-0.25, -0.2) is 13.4 Å². The predicted octanol–water partition coefficient (Wildman–Crippen LogP) is 2.66. The molecule has 0 aromatic heterocycles. The van der Waals surface area contributed by atoms with Crippen LogP contribution in [-0.2, 0) is 14.8 Å². The maximum Gasteiger partial charge on any atom is 0.281 e. The highest BCUT2D eigenvalue weighted by Crippen LogP contribution is 2.32. The Balaban J connectivity index is 2.29. The number of thiocarbonyl (C=S) groups is 1. The van der Waals surface area contributed by atoms with E-state index in [2.05, 4.69) is 4.83 Å². The molecule has 2 rings (SSSR count). The van der Waals surface area contributed by atoms with Crippen molar-refractivity contribution < 1.29 is 13.2 Å². The first-order chi connectivity index (χ1) is 9.67. The van der Waals surface area contributed by atoms with E-state index in [1.165, 1.54) is 0 Å². The number of halogens is 2. The molecule has 0 spiro atoms. The number of benzene rings is 1. The lowest BCUT2D eigenvalue weighted by Crippen LogP contribution is -2.44. The summed E-state index contributed by atoms with van der Waals surface area (Å²) in [7, 11) is -3.59. The van der Waals surface area contributed by atoms with Crippen molar-refractivity contribution in [2.75, 3.05) is 6.26 Å². The van der Waals surface area contributed by atoms with Gasteiger partial charge in [0.15, 0.2) is 4.32 Å². The van der Waals surface area contributed by atoms with Crippen LogP contribution in [0.4, 0.5) is 0 Å². The van der Waals surface area contributed by atoms with E-state index in [-0.39, 0.29) is 9.23 Å². The monoisotopic (exact) mass is 382 g/mol. The Hall–Kier alpha value is -0.640. The van der Waals surface area contributed by atoms with Gasteiger partial charge in [0, 0.05) is 0 Å². The average Bonchev–Trinajstić information content (AvgIpc) is 2.60. The summed E-state index contributed by atoms with van der Waals surface area (Å²) in [5.74, 6) is -0.540. The summed E-state index contributed by atoms with van der Waals surface area (Å²) in [6.45, 7) is 0. The van der Waals surface area contributed by atoms with Gasteiger partial charge in [-0.15, -0.1) is 4.83 Å². The van der Waals surface area contributed by atoms with E-state index < -0.39 is 15.9 Å². The Bertz CT molecular complexity index is 762. The molecular formula is C11H8Cl2N2O3S3. The third-order valence-corrected chi connectivity index (χ3v) is 4.85.